The summed E-state index contributed by atoms with van der Waals surface area (Å²) < 4.78 is 0. The average Bonchev–Trinajstić information content (AvgIpc) is 1.61. The van der Waals surface area contributed by atoms with Crippen LogP contribution in [0.4, 0.5) is 0 Å². The number of rotatable bonds is 3. The van der Waals surface area contributed by atoms with Crippen molar-refractivity contribution in [3.8, 4) is 0 Å². The smallest absolute Gasteiger partial charge is 0.00998 e. The first kappa shape index (κ1) is 7.05. The van der Waals surface area contributed by atoms with Gasteiger partial charge in [-0.05, 0) is 11.8 Å². The molecule has 0 unspecified atom stereocenters. The highest BCUT2D eigenvalue weighted by atomic mass is 32.2. The molecular weight excluding hydrogens is 106 g/mol. The summed E-state index contributed by atoms with van der Waals surface area (Å²) in [5.41, 5.74) is 5.21. The Bertz CT molecular complexity index is 61.1. The third-order valence-corrected chi connectivity index (χ3v) is 1.40. The molecule has 0 aliphatic rings. The summed E-state index contributed by atoms with van der Waals surface area (Å²) in [4.78, 5) is 1.14. The van der Waals surface area contributed by atoms with Crippen LogP contribution in [0.3, 0.4) is 0 Å². The highest BCUT2D eigenvalue weighted by molar-refractivity contribution is 8.03. The molecule has 0 spiro atoms. The lowest BCUT2D eigenvalue weighted by atomic mass is 10.8. The first-order chi connectivity index (χ1) is 3.27. The van der Waals surface area contributed by atoms with Crippen LogP contribution < -0.4 is 5.73 Å². The Morgan fingerprint density at radius 3 is 2.57 bits per heavy atom. The predicted molar refractivity (Wildman–Crippen MR) is 36.3 cm³/mol. The molecule has 0 radical (unpaired) electrons. The Morgan fingerprint density at radius 1 is 1.86 bits per heavy atom. The number of thioether (sulfide) groups is 1. The molecule has 2 N–H and O–H groups in total. The maximum atomic E-state index is 5.21. The number of allylic oxidation sites excluding steroid dienone is 1. The van der Waals surface area contributed by atoms with Gasteiger partial charge in [0.15, 0.2) is 0 Å². The second kappa shape index (κ2) is 4.22. The van der Waals surface area contributed by atoms with Crippen molar-refractivity contribution < 1.29 is 0 Å². The van der Waals surface area contributed by atoms with Crippen molar-refractivity contribution in [1.82, 2.24) is 0 Å². The van der Waals surface area contributed by atoms with E-state index in [-0.39, 0.29) is 0 Å². The lowest BCUT2D eigenvalue weighted by Gasteiger charge is -1.92. The van der Waals surface area contributed by atoms with Gasteiger partial charge in [0.25, 0.3) is 0 Å². The molecule has 0 saturated heterocycles. The number of nitrogens with two attached hydrogens (primary N) is 1. The van der Waals surface area contributed by atoms with Crippen molar-refractivity contribution in [2.45, 2.75) is 6.92 Å². The average molecular weight is 117 g/mol. The fourth-order valence-corrected chi connectivity index (χ4v) is 0.699. The molecule has 0 aromatic heterocycles. The molecule has 0 rings (SSSR count). The van der Waals surface area contributed by atoms with Crippen molar-refractivity contribution >= 4 is 11.8 Å². The van der Waals surface area contributed by atoms with Gasteiger partial charge in [-0.2, -0.15) is 0 Å². The van der Waals surface area contributed by atoms with Gasteiger partial charge in [-0.25, -0.2) is 0 Å². The molecule has 0 aliphatic heterocycles. The highest BCUT2D eigenvalue weighted by Gasteiger charge is 1.81. The van der Waals surface area contributed by atoms with Crippen molar-refractivity contribution in [3.05, 3.63) is 11.5 Å². The molecule has 2 heteroatoms. The summed E-state index contributed by atoms with van der Waals surface area (Å²) >= 11 is 1.71. The Balaban J connectivity index is 2.82. The first-order valence-electron chi connectivity index (χ1n) is 2.25. The molecule has 0 heterocycles. The van der Waals surface area contributed by atoms with E-state index in [1.54, 1.807) is 11.8 Å². The van der Waals surface area contributed by atoms with E-state index < -0.39 is 0 Å². The van der Waals surface area contributed by atoms with E-state index in [0.717, 1.165) is 17.2 Å². The summed E-state index contributed by atoms with van der Waals surface area (Å²) in [6.07, 6.45) is 0. The quantitative estimate of drug-likeness (QED) is 0.601. The van der Waals surface area contributed by atoms with Crippen LogP contribution in [-0.2, 0) is 0 Å². The Kier molecular flexibility index (Phi) is 4.25. The van der Waals surface area contributed by atoms with Gasteiger partial charge in [0, 0.05) is 12.3 Å². The molecule has 0 amide bonds. The zero-order valence-electron chi connectivity index (χ0n) is 4.61. The van der Waals surface area contributed by atoms with E-state index in [4.69, 9.17) is 5.73 Å². The van der Waals surface area contributed by atoms with Crippen LogP contribution in [0.5, 0.6) is 0 Å². The molecule has 0 aromatic rings. The minimum Gasteiger partial charge on any atom is -0.330 e. The van der Waals surface area contributed by atoms with Crippen molar-refractivity contribution in [1.29, 1.82) is 0 Å². The maximum Gasteiger partial charge on any atom is 0.00998 e. The van der Waals surface area contributed by atoms with Gasteiger partial charge in [0.05, 0.1) is 0 Å². The molecule has 7 heavy (non-hydrogen) atoms. The van der Waals surface area contributed by atoms with Crippen LogP contribution in [0, 0.1) is 0 Å². The summed E-state index contributed by atoms with van der Waals surface area (Å²) in [7, 11) is 0. The molecule has 0 aromatic carbocycles. The Morgan fingerprint density at radius 2 is 2.43 bits per heavy atom. The third-order valence-electron chi connectivity index (χ3n) is 0.466. The van der Waals surface area contributed by atoms with Crippen LogP contribution in [0.15, 0.2) is 11.5 Å². The Hall–Kier alpha value is 0.0500. The largest absolute Gasteiger partial charge is 0.330 e. The lowest BCUT2D eigenvalue weighted by Crippen LogP contribution is -2.00. The first-order valence-corrected chi connectivity index (χ1v) is 3.24. The molecule has 1 nitrogen and oxygen atoms in total. The normalized spacial score (nSPS) is 8.86. The zero-order chi connectivity index (χ0) is 5.70. The van der Waals surface area contributed by atoms with Gasteiger partial charge < -0.3 is 5.73 Å². The molecular formula is C5H11NS. The third kappa shape index (κ3) is 6.05. The van der Waals surface area contributed by atoms with Gasteiger partial charge in [0.2, 0.25) is 0 Å². The van der Waals surface area contributed by atoms with Gasteiger partial charge in [-0.1, -0.05) is 6.58 Å². The predicted octanol–water partition coefficient (Wildman–Crippen LogP) is 1.21. The second-order valence-electron chi connectivity index (χ2n) is 1.34. The summed E-state index contributed by atoms with van der Waals surface area (Å²) in [6.45, 7) is 6.43. The van der Waals surface area contributed by atoms with Gasteiger partial charge >= 0.3 is 0 Å². The van der Waals surface area contributed by atoms with Crippen molar-refractivity contribution in [2.75, 3.05) is 12.3 Å². The van der Waals surface area contributed by atoms with E-state index in [1.807, 2.05) is 6.92 Å². The van der Waals surface area contributed by atoms with E-state index in [2.05, 4.69) is 6.58 Å². The number of hydrogen-bond donors (Lipinski definition) is 1. The van der Waals surface area contributed by atoms with Gasteiger partial charge in [0.1, 0.15) is 0 Å². The Labute approximate surface area is 49.0 Å². The summed E-state index contributed by atoms with van der Waals surface area (Å²) in [5.74, 6) is 0.995. The monoisotopic (exact) mass is 117 g/mol. The van der Waals surface area contributed by atoms with Gasteiger partial charge in [-0.15, -0.1) is 11.8 Å². The van der Waals surface area contributed by atoms with Crippen LogP contribution in [-0.4, -0.2) is 12.3 Å². The van der Waals surface area contributed by atoms with Crippen LogP contribution in [0.1, 0.15) is 6.92 Å². The van der Waals surface area contributed by atoms with Crippen LogP contribution >= 0.6 is 11.8 Å². The number of hydrogen-bond acceptors (Lipinski definition) is 2. The van der Waals surface area contributed by atoms with Crippen LogP contribution in [0.2, 0.25) is 0 Å². The summed E-state index contributed by atoms with van der Waals surface area (Å²) in [6, 6.07) is 0. The van der Waals surface area contributed by atoms with Gasteiger partial charge in [-0.3, -0.25) is 0 Å². The maximum absolute atomic E-state index is 5.21. The molecule has 0 saturated carbocycles. The summed E-state index contributed by atoms with van der Waals surface area (Å²) in [5, 5.41) is 0. The topological polar surface area (TPSA) is 26.0 Å². The molecule has 0 atom stereocenters. The zero-order valence-corrected chi connectivity index (χ0v) is 5.42. The SMILES string of the molecule is C=C(C)SCCN. The van der Waals surface area contributed by atoms with Crippen LogP contribution in [0.25, 0.3) is 0 Å². The van der Waals surface area contributed by atoms with E-state index >= 15 is 0 Å². The van der Waals surface area contributed by atoms with E-state index in [9.17, 15) is 0 Å². The second-order valence-corrected chi connectivity index (χ2v) is 2.73. The minimum absolute atomic E-state index is 0.748. The molecule has 42 valence electrons. The lowest BCUT2D eigenvalue weighted by molar-refractivity contribution is 1.15. The molecule has 0 fully saturated rings. The highest BCUT2D eigenvalue weighted by Crippen LogP contribution is 2.08. The standard InChI is InChI=1S/C5H11NS/c1-5(2)7-4-3-6/h1,3-4,6H2,2H3. The fraction of sp³-hybridized carbons (Fsp3) is 0.600. The minimum atomic E-state index is 0.748. The molecule has 0 aliphatic carbocycles. The van der Waals surface area contributed by atoms with E-state index in [0.29, 0.717) is 0 Å². The fourth-order valence-electron chi connectivity index (χ4n) is 0.233. The van der Waals surface area contributed by atoms with Crippen molar-refractivity contribution in [2.24, 2.45) is 5.73 Å². The van der Waals surface area contributed by atoms with Crippen molar-refractivity contribution in [3.63, 3.8) is 0 Å². The molecule has 0 bridgehead atoms. The van der Waals surface area contributed by atoms with E-state index in [1.165, 1.54) is 0 Å².